The predicted molar refractivity (Wildman–Crippen MR) is 51.9 cm³/mol. The Hall–Kier alpha value is -0.830. The van der Waals surface area contributed by atoms with Gasteiger partial charge in [-0.25, -0.2) is 4.98 Å². The number of rotatable bonds is 1. The molecule has 0 saturated carbocycles. The van der Waals surface area contributed by atoms with E-state index in [-0.39, 0.29) is 0 Å². The first-order chi connectivity index (χ1) is 5.66. The van der Waals surface area contributed by atoms with E-state index >= 15 is 0 Å². The zero-order valence-corrected chi connectivity index (χ0v) is 8.35. The Morgan fingerprint density at radius 1 is 1.42 bits per heavy atom. The van der Waals surface area contributed by atoms with Gasteiger partial charge in [-0.2, -0.15) is 0 Å². The van der Waals surface area contributed by atoms with Crippen LogP contribution < -0.4 is 0 Å². The Labute approximate surface area is 75.9 Å². The zero-order valence-electron chi connectivity index (χ0n) is 7.53. The molecule has 0 aromatic carbocycles. The summed E-state index contributed by atoms with van der Waals surface area (Å²) in [7, 11) is 0. The van der Waals surface area contributed by atoms with Gasteiger partial charge in [-0.05, 0) is 12.8 Å². The van der Waals surface area contributed by atoms with Crippen molar-refractivity contribution in [3.63, 3.8) is 0 Å². The second-order valence-corrected chi connectivity index (χ2v) is 4.57. The van der Waals surface area contributed by atoms with E-state index in [1.165, 1.54) is 10.6 Å². The van der Waals surface area contributed by atoms with Gasteiger partial charge in [-0.15, -0.1) is 11.3 Å². The van der Waals surface area contributed by atoms with Crippen molar-refractivity contribution in [1.29, 1.82) is 0 Å². The first-order valence-electron chi connectivity index (χ1n) is 4.12. The molecule has 0 spiro atoms. The lowest BCUT2D eigenvalue weighted by molar-refractivity contribution is 0.834. The van der Waals surface area contributed by atoms with E-state index in [0.717, 1.165) is 4.96 Å². The third-order valence-corrected chi connectivity index (χ3v) is 2.79. The van der Waals surface area contributed by atoms with Gasteiger partial charge in [0.1, 0.15) is 0 Å². The SMILES string of the molecule is Cc1cn2cc(C(C)C)nc2s1. The van der Waals surface area contributed by atoms with Gasteiger partial charge < -0.3 is 0 Å². The number of hydrogen-bond donors (Lipinski definition) is 0. The summed E-state index contributed by atoms with van der Waals surface area (Å²) < 4.78 is 2.11. The molecule has 0 N–H and O–H groups in total. The van der Waals surface area contributed by atoms with Crippen molar-refractivity contribution in [2.45, 2.75) is 26.7 Å². The quantitative estimate of drug-likeness (QED) is 0.659. The number of hydrogen-bond acceptors (Lipinski definition) is 2. The molecule has 0 saturated heterocycles. The molecule has 0 aliphatic rings. The molecule has 0 atom stereocenters. The highest BCUT2D eigenvalue weighted by Gasteiger charge is 2.06. The molecule has 0 aliphatic carbocycles. The molecule has 0 aliphatic heterocycles. The van der Waals surface area contributed by atoms with Crippen LogP contribution in [0.25, 0.3) is 4.96 Å². The minimum Gasteiger partial charge on any atom is -0.297 e. The minimum absolute atomic E-state index is 0.525. The smallest absolute Gasteiger partial charge is 0.194 e. The average molecular weight is 180 g/mol. The first-order valence-corrected chi connectivity index (χ1v) is 4.93. The molecule has 0 bridgehead atoms. The van der Waals surface area contributed by atoms with Crippen LogP contribution in [0.5, 0.6) is 0 Å². The van der Waals surface area contributed by atoms with Gasteiger partial charge in [0.05, 0.1) is 5.69 Å². The summed E-state index contributed by atoms with van der Waals surface area (Å²) in [5.74, 6) is 0.525. The van der Waals surface area contributed by atoms with Crippen LogP contribution in [0.2, 0.25) is 0 Å². The summed E-state index contributed by atoms with van der Waals surface area (Å²) in [6.07, 6.45) is 4.24. The molecule has 2 rings (SSSR count). The number of aromatic nitrogens is 2. The fraction of sp³-hybridized carbons (Fsp3) is 0.444. The highest BCUT2D eigenvalue weighted by Crippen LogP contribution is 2.20. The summed E-state index contributed by atoms with van der Waals surface area (Å²) in [5.41, 5.74) is 1.18. The highest BCUT2D eigenvalue weighted by atomic mass is 32.1. The number of imidazole rings is 1. The van der Waals surface area contributed by atoms with Gasteiger partial charge in [-0.3, -0.25) is 4.40 Å². The Morgan fingerprint density at radius 2 is 2.17 bits per heavy atom. The molecule has 0 fully saturated rings. The van der Waals surface area contributed by atoms with E-state index in [1.54, 1.807) is 11.3 Å². The van der Waals surface area contributed by atoms with Crippen LogP contribution in [0.1, 0.15) is 30.3 Å². The molecule has 2 aromatic rings. The number of thiazole rings is 1. The molecular weight excluding hydrogens is 168 g/mol. The highest BCUT2D eigenvalue weighted by molar-refractivity contribution is 7.16. The van der Waals surface area contributed by atoms with Gasteiger partial charge in [0.25, 0.3) is 0 Å². The maximum absolute atomic E-state index is 4.51. The fourth-order valence-corrected chi connectivity index (χ4v) is 2.02. The normalized spacial score (nSPS) is 11.7. The van der Waals surface area contributed by atoms with Crippen LogP contribution in [0, 0.1) is 6.92 Å². The Balaban J connectivity index is 2.57. The number of fused-ring (bicyclic) bond motifs is 1. The zero-order chi connectivity index (χ0) is 8.72. The van der Waals surface area contributed by atoms with Crippen molar-refractivity contribution >= 4 is 16.3 Å². The second-order valence-electron chi connectivity index (χ2n) is 3.35. The third-order valence-electron chi connectivity index (χ3n) is 1.88. The van der Waals surface area contributed by atoms with Crippen LogP contribution in [0.15, 0.2) is 12.4 Å². The van der Waals surface area contributed by atoms with E-state index < -0.39 is 0 Å². The first kappa shape index (κ1) is 7.80. The van der Waals surface area contributed by atoms with Gasteiger partial charge >= 0.3 is 0 Å². The summed E-state index contributed by atoms with van der Waals surface area (Å²) >= 11 is 1.74. The van der Waals surface area contributed by atoms with Crippen molar-refractivity contribution in [3.8, 4) is 0 Å². The van der Waals surface area contributed by atoms with Gasteiger partial charge in [0.2, 0.25) is 0 Å². The molecule has 12 heavy (non-hydrogen) atoms. The molecule has 3 heteroatoms. The lowest BCUT2D eigenvalue weighted by Crippen LogP contribution is -1.85. The summed E-state index contributed by atoms with van der Waals surface area (Å²) in [6, 6.07) is 0. The molecular formula is C9H12N2S. The molecule has 2 aromatic heterocycles. The monoisotopic (exact) mass is 180 g/mol. The molecule has 0 amide bonds. The molecule has 0 unspecified atom stereocenters. The molecule has 2 heterocycles. The van der Waals surface area contributed by atoms with Crippen molar-refractivity contribution in [2.75, 3.05) is 0 Å². The van der Waals surface area contributed by atoms with E-state index in [1.807, 2.05) is 0 Å². The van der Waals surface area contributed by atoms with Crippen LogP contribution in [0.3, 0.4) is 0 Å². The van der Waals surface area contributed by atoms with Crippen molar-refractivity contribution in [1.82, 2.24) is 9.38 Å². The Kier molecular flexibility index (Phi) is 1.68. The van der Waals surface area contributed by atoms with E-state index in [9.17, 15) is 0 Å². The summed E-state index contributed by atoms with van der Waals surface area (Å²) in [6.45, 7) is 6.44. The van der Waals surface area contributed by atoms with E-state index in [0.29, 0.717) is 5.92 Å². The minimum atomic E-state index is 0.525. The number of aryl methyl sites for hydroxylation is 1. The van der Waals surface area contributed by atoms with Crippen molar-refractivity contribution < 1.29 is 0 Å². The maximum Gasteiger partial charge on any atom is 0.194 e. The third kappa shape index (κ3) is 1.14. The largest absolute Gasteiger partial charge is 0.297 e. The van der Waals surface area contributed by atoms with E-state index in [4.69, 9.17) is 0 Å². The maximum atomic E-state index is 4.51. The molecule has 0 radical (unpaired) electrons. The van der Waals surface area contributed by atoms with Crippen LogP contribution in [-0.2, 0) is 0 Å². The topological polar surface area (TPSA) is 17.3 Å². The standard InChI is InChI=1S/C9H12N2S/c1-6(2)8-5-11-4-7(3)12-9(11)10-8/h4-6H,1-3H3. The predicted octanol–water partition coefficient (Wildman–Crippen LogP) is 2.83. The Morgan fingerprint density at radius 3 is 2.75 bits per heavy atom. The second kappa shape index (κ2) is 2.59. The van der Waals surface area contributed by atoms with Crippen molar-refractivity contribution in [2.24, 2.45) is 0 Å². The van der Waals surface area contributed by atoms with Crippen LogP contribution >= 0.6 is 11.3 Å². The van der Waals surface area contributed by atoms with Crippen LogP contribution in [-0.4, -0.2) is 9.38 Å². The molecule has 2 nitrogen and oxygen atoms in total. The van der Waals surface area contributed by atoms with Gasteiger partial charge in [-0.1, -0.05) is 13.8 Å². The number of nitrogens with zero attached hydrogens (tertiary/aromatic N) is 2. The van der Waals surface area contributed by atoms with Gasteiger partial charge in [0.15, 0.2) is 4.96 Å². The van der Waals surface area contributed by atoms with Crippen molar-refractivity contribution in [3.05, 3.63) is 23.0 Å². The fourth-order valence-electron chi connectivity index (χ4n) is 1.21. The van der Waals surface area contributed by atoms with E-state index in [2.05, 4.69) is 42.5 Å². The average Bonchev–Trinajstić information content (AvgIpc) is 2.42. The Bertz CT molecular complexity index is 366. The lowest BCUT2D eigenvalue weighted by Gasteiger charge is -1.95. The summed E-state index contributed by atoms with van der Waals surface area (Å²) in [5, 5.41) is 0. The summed E-state index contributed by atoms with van der Waals surface area (Å²) in [4.78, 5) is 6.93. The van der Waals surface area contributed by atoms with Crippen LogP contribution in [0.4, 0.5) is 0 Å². The van der Waals surface area contributed by atoms with Gasteiger partial charge in [0, 0.05) is 17.3 Å². The molecule has 64 valence electrons. The lowest BCUT2D eigenvalue weighted by atomic mass is 10.2.